The standard InChI is InChI=1S/C19H14BrN7/c1-11-9-21-12(2)18-24-17(25-27(11)18)15-7-8-26-10-16(23-19(26)22-15)13-3-5-14(20)6-4-13/h3-10H,1-2H3. The second kappa shape index (κ2) is 5.95. The summed E-state index contributed by atoms with van der Waals surface area (Å²) in [6.07, 6.45) is 5.68. The van der Waals surface area contributed by atoms with Crippen molar-refractivity contribution >= 4 is 27.4 Å². The van der Waals surface area contributed by atoms with Crippen LogP contribution in [0.2, 0.25) is 0 Å². The number of aryl methyl sites for hydroxylation is 2. The second-order valence-electron chi connectivity index (χ2n) is 6.31. The van der Waals surface area contributed by atoms with Crippen LogP contribution in [0.3, 0.4) is 0 Å². The van der Waals surface area contributed by atoms with E-state index >= 15 is 0 Å². The minimum Gasteiger partial charge on any atom is -0.290 e. The summed E-state index contributed by atoms with van der Waals surface area (Å²) in [6.45, 7) is 3.87. The fourth-order valence-corrected chi connectivity index (χ4v) is 3.22. The van der Waals surface area contributed by atoms with Crippen LogP contribution < -0.4 is 0 Å². The molecule has 0 atom stereocenters. The van der Waals surface area contributed by atoms with Crippen LogP contribution in [0, 0.1) is 13.8 Å². The Balaban J connectivity index is 1.61. The first-order valence-corrected chi connectivity index (χ1v) is 9.19. The first-order valence-electron chi connectivity index (χ1n) is 8.39. The quantitative estimate of drug-likeness (QED) is 0.434. The molecule has 0 radical (unpaired) electrons. The maximum atomic E-state index is 4.65. The van der Waals surface area contributed by atoms with Crippen molar-refractivity contribution in [2.45, 2.75) is 13.8 Å². The molecule has 8 heteroatoms. The lowest BCUT2D eigenvalue weighted by molar-refractivity contribution is 0.889. The van der Waals surface area contributed by atoms with E-state index in [-0.39, 0.29) is 0 Å². The van der Waals surface area contributed by atoms with E-state index in [1.165, 1.54) is 0 Å². The van der Waals surface area contributed by atoms with Gasteiger partial charge in [-0.2, -0.15) is 0 Å². The SMILES string of the molecule is Cc1ncc(C)n2nc(-c3ccn4cc(-c5ccc(Br)cc5)nc4n3)nc12. The predicted octanol–water partition coefficient (Wildman–Crippen LogP) is 3.88. The number of hydrogen-bond donors (Lipinski definition) is 0. The first-order chi connectivity index (χ1) is 13.1. The summed E-state index contributed by atoms with van der Waals surface area (Å²) >= 11 is 3.45. The highest BCUT2D eigenvalue weighted by Gasteiger charge is 2.13. The number of nitrogens with zero attached hydrogens (tertiary/aromatic N) is 7. The molecule has 0 amide bonds. The van der Waals surface area contributed by atoms with E-state index in [1.807, 2.05) is 61.0 Å². The molecule has 0 saturated carbocycles. The van der Waals surface area contributed by atoms with Gasteiger partial charge in [-0.3, -0.25) is 9.38 Å². The largest absolute Gasteiger partial charge is 0.290 e. The molecule has 0 spiro atoms. The molecule has 4 aromatic heterocycles. The number of hydrogen-bond acceptors (Lipinski definition) is 5. The minimum absolute atomic E-state index is 0.560. The zero-order valence-corrected chi connectivity index (χ0v) is 16.2. The topological polar surface area (TPSA) is 73.3 Å². The van der Waals surface area contributed by atoms with Gasteiger partial charge in [0.05, 0.1) is 17.1 Å². The van der Waals surface area contributed by atoms with Crippen molar-refractivity contribution in [2.24, 2.45) is 0 Å². The summed E-state index contributed by atoms with van der Waals surface area (Å²) in [6, 6.07) is 9.94. The lowest BCUT2D eigenvalue weighted by Crippen LogP contribution is -1.97. The van der Waals surface area contributed by atoms with E-state index in [9.17, 15) is 0 Å². The van der Waals surface area contributed by atoms with Crippen LogP contribution in [0.15, 0.2) is 53.4 Å². The molecule has 0 unspecified atom stereocenters. The smallest absolute Gasteiger partial charge is 0.234 e. The van der Waals surface area contributed by atoms with Crippen molar-refractivity contribution in [3.8, 4) is 22.8 Å². The van der Waals surface area contributed by atoms with E-state index in [2.05, 4.69) is 41.0 Å². The van der Waals surface area contributed by atoms with E-state index in [0.29, 0.717) is 17.3 Å². The molecule has 0 bridgehead atoms. The van der Waals surface area contributed by atoms with Crippen LogP contribution >= 0.6 is 15.9 Å². The van der Waals surface area contributed by atoms with Crippen LogP contribution in [0.1, 0.15) is 11.4 Å². The summed E-state index contributed by atoms with van der Waals surface area (Å²) in [7, 11) is 0. The Hall–Kier alpha value is -3.13. The molecule has 1 aromatic carbocycles. The maximum Gasteiger partial charge on any atom is 0.234 e. The third-order valence-corrected chi connectivity index (χ3v) is 4.93. The van der Waals surface area contributed by atoms with Crippen LogP contribution in [-0.2, 0) is 0 Å². The van der Waals surface area contributed by atoms with Gasteiger partial charge in [0.25, 0.3) is 0 Å². The van der Waals surface area contributed by atoms with E-state index in [0.717, 1.165) is 32.8 Å². The van der Waals surface area contributed by atoms with Crippen molar-refractivity contribution in [1.82, 2.24) is 34.0 Å². The number of rotatable bonds is 2. The molecule has 0 aliphatic rings. The van der Waals surface area contributed by atoms with Crippen molar-refractivity contribution in [3.63, 3.8) is 0 Å². The summed E-state index contributed by atoms with van der Waals surface area (Å²) in [5, 5.41) is 4.59. The molecule has 4 heterocycles. The Morgan fingerprint density at radius 2 is 1.70 bits per heavy atom. The average Bonchev–Trinajstić information content (AvgIpc) is 3.30. The Morgan fingerprint density at radius 3 is 2.48 bits per heavy atom. The van der Waals surface area contributed by atoms with Crippen molar-refractivity contribution in [2.75, 3.05) is 0 Å². The number of aromatic nitrogens is 7. The lowest BCUT2D eigenvalue weighted by Gasteiger charge is -1.97. The van der Waals surface area contributed by atoms with Gasteiger partial charge in [-0.25, -0.2) is 19.5 Å². The highest BCUT2D eigenvalue weighted by molar-refractivity contribution is 9.10. The van der Waals surface area contributed by atoms with Crippen LogP contribution in [0.5, 0.6) is 0 Å². The Kier molecular flexibility index (Phi) is 3.54. The third kappa shape index (κ3) is 2.69. The summed E-state index contributed by atoms with van der Waals surface area (Å²) in [4.78, 5) is 18.3. The van der Waals surface area contributed by atoms with Gasteiger partial charge in [0.1, 0.15) is 5.69 Å². The molecule has 7 nitrogen and oxygen atoms in total. The van der Waals surface area contributed by atoms with Crippen molar-refractivity contribution in [1.29, 1.82) is 0 Å². The van der Waals surface area contributed by atoms with E-state index < -0.39 is 0 Å². The molecular formula is C19H14BrN7. The fraction of sp³-hybridized carbons (Fsp3) is 0.105. The molecule has 132 valence electrons. The average molecular weight is 420 g/mol. The summed E-state index contributed by atoms with van der Waals surface area (Å²) in [5.41, 5.74) is 5.08. The van der Waals surface area contributed by atoms with Gasteiger partial charge in [-0.1, -0.05) is 28.1 Å². The highest BCUT2D eigenvalue weighted by atomic mass is 79.9. The molecule has 0 fully saturated rings. The van der Waals surface area contributed by atoms with Gasteiger partial charge in [-0.15, -0.1) is 5.10 Å². The zero-order chi connectivity index (χ0) is 18.5. The fourth-order valence-electron chi connectivity index (χ4n) is 2.96. The predicted molar refractivity (Wildman–Crippen MR) is 105 cm³/mol. The minimum atomic E-state index is 0.560. The van der Waals surface area contributed by atoms with Crippen LogP contribution in [0.25, 0.3) is 34.2 Å². The molecule has 0 saturated heterocycles. The number of fused-ring (bicyclic) bond motifs is 2. The third-order valence-electron chi connectivity index (χ3n) is 4.41. The van der Waals surface area contributed by atoms with Crippen LogP contribution in [0.4, 0.5) is 0 Å². The Labute approximate surface area is 162 Å². The van der Waals surface area contributed by atoms with E-state index in [4.69, 9.17) is 0 Å². The van der Waals surface area contributed by atoms with Gasteiger partial charge in [0.2, 0.25) is 11.6 Å². The number of benzene rings is 1. The van der Waals surface area contributed by atoms with E-state index in [1.54, 1.807) is 10.7 Å². The van der Waals surface area contributed by atoms with Gasteiger partial charge >= 0.3 is 0 Å². The Bertz CT molecular complexity index is 1260. The summed E-state index contributed by atoms with van der Waals surface area (Å²) < 4.78 is 4.73. The molecule has 5 rings (SSSR count). The van der Waals surface area contributed by atoms with Gasteiger partial charge < -0.3 is 0 Å². The second-order valence-corrected chi connectivity index (χ2v) is 7.22. The first kappa shape index (κ1) is 16.1. The maximum absolute atomic E-state index is 4.65. The normalized spacial score (nSPS) is 11.5. The number of imidazole rings is 1. The summed E-state index contributed by atoms with van der Waals surface area (Å²) in [5.74, 6) is 1.17. The molecular weight excluding hydrogens is 406 g/mol. The Morgan fingerprint density at radius 1 is 0.926 bits per heavy atom. The monoisotopic (exact) mass is 419 g/mol. The number of halogens is 1. The molecule has 0 aliphatic carbocycles. The van der Waals surface area contributed by atoms with Gasteiger partial charge in [0, 0.05) is 28.6 Å². The molecule has 5 aromatic rings. The molecule has 0 aliphatic heterocycles. The van der Waals surface area contributed by atoms with Gasteiger partial charge in [-0.05, 0) is 32.0 Å². The molecule has 27 heavy (non-hydrogen) atoms. The van der Waals surface area contributed by atoms with Crippen LogP contribution in [-0.4, -0.2) is 34.0 Å². The van der Waals surface area contributed by atoms with Crippen molar-refractivity contribution < 1.29 is 0 Å². The zero-order valence-electron chi connectivity index (χ0n) is 14.6. The lowest BCUT2D eigenvalue weighted by atomic mass is 10.2. The molecule has 0 N–H and O–H groups in total. The highest BCUT2D eigenvalue weighted by Crippen LogP contribution is 2.22. The van der Waals surface area contributed by atoms with Crippen molar-refractivity contribution in [3.05, 3.63) is 64.8 Å². The van der Waals surface area contributed by atoms with Gasteiger partial charge in [0.15, 0.2) is 5.65 Å².